The molecule has 0 fully saturated rings. The second-order valence-corrected chi connectivity index (χ2v) is 5.85. The predicted octanol–water partition coefficient (Wildman–Crippen LogP) is 1.96. The predicted molar refractivity (Wildman–Crippen MR) is 80.0 cm³/mol. The van der Waals surface area contributed by atoms with E-state index in [9.17, 15) is 23.3 Å². The molecule has 0 bridgehead atoms. The van der Waals surface area contributed by atoms with Crippen LogP contribution in [0.3, 0.4) is 0 Å². The van der Waals surface area contributed by atoms with Gasteiger partial charge in [-0.1, -0.05) is 12.1 Å². The van der Waals surface area contributed by atoms with E-state index in [1.54, 1.807) is 12.1 Å². The number of nitrogens with one attached hydrogen (secondary N) is 2. The van der Waals surface area contributed by atoms with Crippen molar-refractivity contribution in [1.29, 1.82) is 0 Å². The first-order valence-corrected chi connectivity index (χ1v) is 7.49. The summed E-state index contributed by atoms with van der Waals surface area (Å²) in [6, 6.07) is 10.7. The summed E-state index contributed by atoms with van der Waals surface area (Å²) >= 11 is 0. The van der Waals surface area contributed by atoms with Gasteiger partial charge in [0.05, 0.1) is 21.2 Å². The van der Waals surface area contributed by atoms with Gasteiger partial charge in [-0.15, -0.1) is 0 Å². The van der Waals surface area contributed by atoms with E-state index in [-0.39, 0.29) is 16.3 Å². The Morgan fingerprint density at radius 2 is 1.59 bits per heavy atom. The number of hydrogen-bond acceptors (Lipinski definition) is 5. The Morgan fingerprint density at radius 3 is 2.14 bits per heavy atom. The molecule has 2 rings (SSSR count). The highest BCUT2D eigenvalue weighted by atomic mass is 32.2. The number of benzene rings is 2. The Labute approximate surface area is 126 Å². The number of carbonyl (C=O) groups is 1. The minimum Gasteiger partial charge on any atom is -0.327 e. The van der Waals surface area contributed by atoms with Crippen LogP contribution in [0.15, 0.2) is 53.4 Å². The lowest BCUT2D eigenvalue weighted by Gasteiger charge is -2.11. The molecule has 0 unspecified atom stereocenters. The Kier molecular flexibility index (Phi) is 4.37. The average Bonchev–Trinajstić information content (AvgIpc) is 2.49. The zero-order chi connectivity index (χ0) is 16.2. The highest BCUT2D eigenvalue weighted by Gasteiger charge is 2.17. The molecule has 0 saturated heterocycles. The standard InChI is InChI=1S/C13H11N3O5S/c17-9-14-12-3-1-2-4-13(12)15-22(20,21)11-7-5-10(6-8-11)16(18)19/h1-9,15H,(H,14,17). The van der Waals surface area contributed by atoms with Crippen molar-refractivity contribution >= 4 is 33.5 Å². The fraction of sp³-hybridized carbons (Fsp3) is 0. The molecule has 2 N–H and O–H groups in total. The lowest BCUT2D eigenvalue weighted by Crippen LogP contribution is -2.14. The summed E-state index contributed by atoms with van der Waals surface area (Å²) in [4.78, 5) is 20.3. The molecule has 0 aromatic heterocycles. The number of para-hydroxylation sites is 2. The van der Waals surface area contributed by atoms with Gasteiger partial charge in [0.25, 0.3) is 15.7 Å². The Balaban J connectivity index is 2.31. The van der Waals surface area contributed by atoms with Crippen molar-refractivity contribution in [2.45, 2.75) is 4.90 Å². The van der Waals surface area contributed by atoms with Gasteiger partial charge in [-0.25, -0.2) is 8.42 Å². The minimum atomic E-state index is -3.93. The van der Waals surface area contributed by atoms with Crippen molar-refractivity contribution < 1.29 is 18.1 Å². The molecule has 0 spiro atoms. The van der Waals surface area contributed by atoms with Crippen LogP contribution < -0.4 is 10.0 Å². The maximum absolute atomic E-state index is 12.2. The highest BCUT2D eigenvalue weighted by molar-refractivity contribution is 7.92. The molecule has 0 aliphatic rings. The molecule has 2 aromatic carbocycles. The van der Waals surface area contributed by atoms with Crippen LogP contribution >= 0.6 is 0 Å². The van der Waals surface area contributed by atoms with E-state index < -0.39 is 14.9 Å². The molecular weight excluding hydrogens is 310 g/mol. The van der Waals surface area contributed by atoms with Crippen molar-refractivity contribution in [1.82, 2.24) is 0 Å². The number of nitrogens with zero attached hydrogens (tertiary/aromatic N) is 1. The fourth-order valence-corrected chi connectivity index (χ4v) is 2.79. The fourth-order valence-electron chi connectivity index (χ4n) is 1.71. The number of anilines is 2. The van der Waals surface area contributed by atoms with Crippen LogP contribution in [0.1, 0.15) is 0 Å². The van der Waals surface area contributed by atoms with E-state index in [0.717, 1.165) is 24.3 Å². The summed E-state index contributed by atoms with van der Waals surface area (Å²) in [5, 5.41) is 12.9. The molecule has 114 valence electrons. The molecule has 0 saturated carbocycles. The zero-order valence-corrected chi connectivity index (χ0v) is 11.9. The summed E-state index contributed by atoms with van der Waals surface area (Å²) in [5.41, 5.74) is 0.276. The molecule has 0 aliphatic carbocycles. The SMILES string of the molecule is O=CNc1ccccc1NS(=O)(=O)c1ccc([N+](=O)[O-])cc1. The second kappa shape index (κ2) is 6.22. The van der Waals surface area contributed by atoms with Crippen LogP contribution in [0.2, 0.25) is 0 Å². The molecule has 2 aromatic rings. The third-order valence-electron chi connectivity index (χ3n) is 2.74. The van der Waals surface area contributed by atoms with E-state index in [1.807, 2.05) is 0 Å². The maximum Gasteiger partial charge on any atom is 0.269 e. The molecule has 0 heterocycles. The van der Waals surface area contributed by atoms with Crippen LogP contribution in [0.25, 0.3) is 0 Å². The van der Waals surface area contributed by atoms with E-state index in [4.69, 9.17) is 0 Å². The van der Waals surface area contributed by atoms with Crippen LogP contribution in [0.4, 0.5) is 17.1 Å². The molecule has 0 atom stereocenters. The van der Waals surface area contributed by atoms with E-state index in [0.29, 0.717) is 12.1 Å². The third kappa shape index (κ3) is 3.38. The van der Waals surface area contributed by atoms with Crippen LogP contribution in [0, 0.1) is 10.1 Å². The summed E-state index contributed by atoms with van der Waals surface area (Å²) in [7, 11) is -3.93. The van der Waals surface area contributed by atoms with Gasteiger partial charge < -0.3 is 5.32 Å². The van der Waals surface area contributed by atoms with Gasteiger partial charge in [-0.3, -0.25) is 19.6 Å². The monoisotopic (exact) mass is 321 g/mol. The van der Waals surface area contributed by atoms with Crippen LogP contribution in [-0.2, 0) is 14.8 Å². The first-order chi connectivity index (χ1) is 10.4. The zero-order valence-electron chi connectivity index (χ0n) is 11.1. The van der Waals surface area contributed by atoms with Gasteiger partial charge in [0, 0.05) is 12.1 Å². The normalized spacial score (nSPS) is 10.7. The number of nitro groups is 1. The highest BCUT2D eigenvalue weighted by Crippen LogP contribution is 2.24. The summed E-state index contributed by atoms with van der Waals surface area (Å²) < 4.78 is 26.8. The lowest BCUT2D eigenvalue weighted by atomic mass is 10.3. The van der Waals surface area contributed by atoms with Crippen molar-refractivity contribution in [3.05, 3.63) is 58.6 Å². The minimum absolute atomic E-state index is 0.126. The quantitative estimate of drug-likeness (QED) is 0.479. The number of rotatable bonds is 6. The topological polar surface area (TPSA) is 118 Å². The lowest BCUT2D eigenvalue weighted by molar-refractivity contribution is -0.384. The van der Waals surface area contributed by atoms with Gasteiger partial charge in [0.15, 0.2) is 0 Å². The van der Waals surface area contributed by atoms with E-state index in [2.05, 4.69) is 10.0 Å². The Hall–Kier alpha value is -2.94. The maximum atomic E-state index is 12.2. The van der Waals surface area contributed by atoms with Gasteiger partial charge >= 0.3 is 0 Å². The summed E-state index contributed by atoms with van der Waals surface area (Å²) in [6.07, 6.45) is 0.430. The molecule has 1 amide bonds. The van der Waals surface area contributed by atoms with E-state index >= 15 is 0 Å². The smallest absolute Gasteiger partial charge is 0.269 e. The number of nitro benzene ring substituents is 1. The molecular formula is C13H11N3O5S. The first-order valence-electron chi connectivity index (χ1n) is 6.00. The van der Waals surface area contributed by atoms with E-state index in [1.165, 1.54) is 12.1 Å². The summed E-state index contributed by atoms with van der Waals surface area (Å²) in [5.74, 6) is 0. The molecule has 0 radical (unpaired) electrons. The largest absolute Gasteiger partial charge is 0.327 e. The van der Waals surface area contributed by atoms with Crippen LogP contribution in [0.5, 0.6) is 0 Å². The Bertz CT molecular complexity index is 803. The number of hydrogen-bond donors (Lipinski definition) is 2. The van der Waals surface area contributed by atoms with Crippen molar-refractivity contribution in [2.24, 2.45) is 0 Å². The van der Waals surface area contributed by atoms with Gasteiger partial charge in [0.1, 0.15) is 0 Å². The van der Waals surface area contributed by atoms with Crippen molar-refractivity contribution in [3.63, 3.8) is 0 Å². The van der Waals surface area contributed by atoms with Gasteiger partial charge in [-0.2, -0.15) is 0 Å². The number of carbonyl (C=O) groups excluding carboxylic acids is 1. The van der Waals surface area contributed by atoms with Crippen molar-refractivity contribution in [3.8, 4) is 0 Å². The number of amides is 1. The Morgan fingerprint density at radius 1 is 1.00 bits per heavy atom. The molecule has 0 aliphatic heterocycles. The molecule has 22 heavy (non-hydrogen) atoms. The molecule has 9 heteroatoms. The first kappa shape index (κ1) is 15.4. The van der Waals surface area contributed by atoms with Crippen LogP contribution in [-0.4, -0.2) is 19.8 Å². The third-order valence-corrected chi connectivity index (χ3v) is 4.13. The number of sulfonamides is 1. The van der Waals surface area contributed by atoms with Gasteiger partial charge in [-0.05, 0) is 24.3 Å². The number of non-ortho nitro benzene ring substituents is 1. The second-order valence-electron chi connectivity index (χ2n) is 4.16. The molecule has 8 nitrogen and oxygen atoms in total. The van der Waals surface area contributed by atoms with Crippen molar-refractivity contribution in [2.75, 3.05) is 10.0 Å². The summed E-state index contributed by atoms with van der Waals surface area (Å²) in [6.45, 7) is 0. The van der Waals surface area contributed by atoms with Gasteiger partial charge in [0.2, 0.25) is 6.41 Å². The average molecular weight is 321 g/mol.